The maximum atomic E-state index is 5.62. The highest BCUT2D eigenvalue weighted by Gasteiger charge is 2.20. The minimum absolute atomic E-state index is 0.874. The lowest BCUT2D eigenvalue weighted by Crippen LogP contribution is -2.45. The van der Waals surface area contributed by atoms with Crippen molar-refractivity contribution in [1.29, 1.82) is 0 Å². The van der Waals surface area contributed by atoms with Crippen molar-refractivity contribution in [3.63, 3.8) is 0 Å². The van der Waals surface area contributed by atoms with Gasteiger partial charge in [0.25, 0.3) is 0 Å². The van der Waals surface area contributed by atoms with Crippen molar-refractivity contribution < 1.29 is 13.9 Å². The average Bonchev–Trinajstić information content (AvgIpc) is 3.10. The van der Waals surface area contributed by atoms with E-state index < -0.39 is 0 Å². The summed E-state index contributed by atoms with van der Waals surface area (Å²) in [5, 5.41) is 0. The third-order valence-corrected chi connectivity index (χ3v) is 4.68. The zero-order chi connectivity index (χ0) is 16.9. The van der Waals surface area contributed by atoms with E-state index in [1.165, 1.54) is 5.56 Å². The van der Waals surface area contributed by atoms with Gasteiger partial charge in [0, 0.05) is 43.9 Å². The third-order valence-electron chi connectivity index (χ3n) is 4.68. The van der Waals surface area contributed by atoms with Crippen LogP contribution < -0.4 is 9.47 Å². The minimum atomic E-state index is 0.874. The molecule has 1 aromatic carbocycles. The minimum Gasteiger partial charge on any atom is -0.496 e. The predicted molar refractivity (Wildman–Crippen MR) is 93.5 cm³/mol. The van der Waals surface area contributed by atoms with E-state index in [2.05, 4.69) is 15.9 Å². The smallest absolute Gasteiger partial charge is 0.129 e. The van der Waals surface area contributed by atoms with Crippen molar-refractivity contribution in [3.8, 4) is 11.5 Å². The van der Waals surface area contributed by atoms with E-state index in [1.54, 1.807) is 20.5 Å². The Kier molecular flexibility index (Phi) is 5.43. The Bertz CT molecular complexity index is 647. The standard InChI is InChI=1S/C19H26N2O3/c1-15-18(22-2)7-6-16(19(15)23-3)13-20-8-10-21(11-9-20)14-17-5-4-12-24-17/h4-7,12H,8-11,13-14H2,1-3H3. The Morgan fingerprint density at radius 1 is 0.958 bits per heavy atom. The van der Waals surface area contributed by atoms with Crippen LogP contribution in [0.25, 0.3) is 0 Å². The van der Waals surface area contributed by atoms with Gasteiger partial charge in [-0.2, -0.15) is 0 Å². The number of rotatable bonds is 6. The number of furan rings is 1. The average molecular weight is 330 g/mol. The number of nitrogens with zero attached hydrogens (tertiary/aromatic N) is 2. The van der Waals surface area contributed by atoms with Gasteiger partial charge in [0.1, 0.15) is 17.3 Å². The van der Waals surface area contributed by atoms with Gasteiger partial charge in [0.05, 0.1) is 27.0 Å². The Morgan fingerprint density at radius 3 is 2.25 bits per heavy atom. The van der Waals surface area contributed by atoms with Gasteiger partial charge in [-0.05, 0) is 25.1 Å². The van der Waals surface area contributed by atoms with Gasteiger partial charge < -0.3 is 13.9 Å². The number of benzene rings is 1. The summed E-state index contributed by atoms with van der Waals surface area (Å²) in [5.74, 6) is 2.85. The number of hydrogen-bond acceptors (Lipinski definition) is 5. The lowest BCUT2D eigenvalue weighted by atomic mass is 10.1. The summed E-state index contributed by atoms with van der Waals surface area (Å²) in [4.78, 5) is 4.91. The second-order valence-corrected chi connectivity index (χ2v) is 6.22. The predicted octanol–water partition coefficient (Wildman–Crippen LogP) is 2.92. The molecule has 0 saturated carbocycles. The molecule has 1 saturated heterocycles. The van der Waals surface area contributed by atoms with Gasteiger partial charge in [-0.3, -0.25) is 9.80 Å². The highest BCUT2D eigenvalue weighted by molar-refractivity contribution is 5.49. The summed E-state index contributed by atoms with van der Waals surface area (Å²) < 4.78 is 16.4. The van der Waals surface area contributed by atoms with E-state index >= 15 is 0 Å². The molecule has 0 amide bonds. The molecular formula is C19H26N2O3. The maximum absolute atomic E-state index is 5.62. The van der Waals surface area contributed by atoms with Crippen molar-refractivity contribution in [3.05, 3.63) is 47.4 Å². The molecule has 130 valence electrons. The second-order valence-electron chi connectivity index (χ2n) is 6.22. The number of hydrogen-bond donors (Lipinski definition) is 0. The normalized spacial score (nSPS) is 16.3. The first kappa shape index (κ1) is 16.9. The van der Waals surface area contributed by atoms with E-state index in [0.717, 1.165) is 62.1 Å². The largest absolute Gasteiger partial charge is 0.496 e. The SMILES string of the molecule is COc1ccc(CN2CCN(Cc3ccco3)CC2)c(OC)c1C. The highest BCUT2D eigenvalue weighted by Crippen LogP contribution is 2.32. The molecule has 2 heterocycles. The zero-order valence-electron chi connectivity index (χ0n) is 14.7. The van der Waals surface area contributed by atoms with Crippen LogP contribution in [0.15, 0.2) is 34.9 Å². The Morgan fingerprint density at radius 2 is 1.67 bits per heavy atom. The van der Waals surface area contributed by atoms with Gasteiger partial charge in [0.15, 0.2) is 0 Å². The summed E-state index contributed by atoms with van der Waals surface area (Å²) in [6.45, 7) is 8.05. The number of ether oxygens (including phenoxy) is 2. The van der Waals surface area contributed by atoms with Crippen molar-refractivity contribution >= 4 is 0 Å². The molecule has 0 bridgehead atoms. The second kappa shape index (κ2) is 7.73. The Labute approximate surface area is 143 Å². The van der Waals surface area contributed by atoms with Gasteiger partial charge >= 0.3 is 0 Å². The fraction of sp³-hybridized carbons (Fsp3) is 0.474. The van der Waals surface area contributed by atoms with Crippen LogP contribution in [0.3, 0.4) is 0 Å². The molecule has 1 aliphatic rings. The number of piperazine rings is 1. The molecule has 5 nitrogen and oxygen atoms in total. The van der Waals surface area contributed by atoms with E-state index in [9.17, 15) is 0 Å². The third kappa shape index (κ3) is 3.74. The summed E-state index contributed by atoms with van der Waals surface area (Å²) >= 11 is 0. The fourth-order valence-electron chi connectivity index (χ4n) is 3.33. The Balaban J connectivity index is 1.59. The summed E-state index contributed by atoms with van der Waals surface area (Å²) in [6.07, 6.45) is 1.74. The molecule has 1 fully saturated rings. The lowest BCUT2D eigenvalue weighted by Gasteiger charge is -2.34. The first-order valence-electron chi connectivity index (χ1n) is 8.39. The Hall–Kier alpha value is -1.98. The fourth-order valence-corrected chi connectivity index (χ4v) is 3.33. The van der Waals surface area contributed by atoms with Crippen LogP contribution in [-0.2, 0) is 13.1 Å². The van der Waals surface area contributed by atoms with E-state index in [4.69, 9.17) is 13.9 Å². The van der Waals surface area contributed by atoms with E-state index in [-0.39, 0.29) is 0 Å². The molecule has 0 aliphatic carbocycles. The first-order chi connectivity index (χ1) is 11.7. The molecular weight excluding hydrogens is 304 g/mol. The first-order valence-corrected chi connectivity index (χ1v) is 8.39. The van der Waals surface area contributed by atoms with E-state index in [1.807, 2.05) is 25.1 Å². The molecule has 3 rings (SSSR count). The van der Waals surface area contributed by atoms with Crippen molar-refractivity contribution in [1.82, 2.24) is 9.80 Å². The van der Waals surface area contributed by atoms with Crippen LogP contribution in [-0.4, -0.2) is 50.2 Å². The molecule has 0 radical (unpaired) electrons. The molecule has 1 aromatic heterocycles. The van der Waals surface area contributed by atoms with Gasteiger partial charge in [-0.15, -0.1) is 0 Å². The summed E-state index contributed by atoms with van der Waals surface area (Å²) in [7, 11) is 3.42. The zero-order valence-corrected chi connectivity index (χ0v) is 14.7. The van der Waals surface area contributed by atoms with E-state index in [0.29, 0.717) is 0 Å². The maximum Gasteiger partial charge on any atom is 0.129 e. The highest BCUT2D eigenvalue weighted by atomic mass is 16.5. The van der Waals surface area contributed by atoms with Crippen LogP contribution >= 0.6 is 0 Å². The topological polar surface area (TPSA) is 38.1 Å². The van der Waals surface area contributed by atoms with Gasteiger partial charge in [-0.1, -0.05) is 6.07 Å². The van der Waals surface area contributed by atoms with Crippen molar-refractivity contribution in [2.75, 3.05) is 40.4 Å². The molecule has 0 atom stereocenters. The van der Waals surface area contributed by atoms with Crippen LogP contribution in [0.4, 0.5) is 0 Å². The van der Waals surface area contributed by atoms with Crippen molar-refractivity contribution in [2.45, 2.75) is 20.0 Å². The molecule has 1 aliphatic heterocycles. The summed E-state index contributed by atoms with van der Waals surface area (Å²) in [5.41, 5.74) is 2.28. The van der Waals surface area contributed by atoms with Gasteiger partial charge in [0.2, 0.25) is 0 Å². The molecule has 0 spiro atoms. The van der Waals surface area contributed by atoms with Crippen LogP contribution in [0.2, 0.25) is 0 Å². The van der Waals surface area contributed by atoms with Crippen LogP contribution in [0.1, 0.15) is 16.9 Å². The number of methoxy groups -OCH3 is 2. The molecule has 0 unspecified atom stereocenters. The quantitative estimate of drug-likeness (QED) is 0.814. The molecule has 5 heteroatoms. The van der Waals surface area contributed by atoms with Crippen molar-refractivity contribution in [2.24, 2.45) is 0 Å². The van der Waals surface area contributed by atoms with Crippen LogP contribution in [0.5, 0.6) is 11.5 Å². The van der Waals surface area contributed by atoms with Gasteiger partial charge in [-0.25, -0.2) is 0 Å². The molecule has 24 heavy (non-hydrogen) atoms. The molecule has 0 N–H and O–H groups in total. The monoisotopic (exact) mass is 330 g/mol. The van der Waals surface area contributed by atoms with Crippen LogP contribution in [0, 0.1) is 6.92 Å². The lowest BCUT2D eigenvalue weighted by molar-refractivity contribution is 0.115. The summed E-state index contributed by atoms with van der Waals surface area (Å²) in [6, 6.07) is 8.13. The molecule has 2 aromatic rings.